The summed E-state index contributed by atoms with van der Waals surface area (Å²) < 4.78 is 11.0. The van der Waals surface area contributed by atoms with E-state index in [-0.39, 0.29) is 6.54 Å². The first-order valence-electron chi connectivity index (χ1n) is 8.24. The monoisotopic (exact) mass is 453 g/mol. The van der Waals surface area contributed by atoms with E-state index in [0.29, 0.717) is 15.7 Å². The number of anilines is 1. The zero-order valence-corrected chi connectivity index (χ0v) is 17.9. The van der Waals surface area contributed by atoms with E-state index in [0.717, 1.165) is 10.8 Å². The quantitative estimate of drug-likeness (QED) is 0.541. The van der Waals surface area contributed by atoms with Crippen molar-refractivity contribution in [1.29, 1.82) is 0 Å². The average molecular weight is 455 g/mol. The highest BCUT2D eigenvalue weighted by Crippen LogP contribution is 2.35. The Morgan fingerprint density at radius 1 is 1.22 bits per heavy atom. The van der Waals surface area contributed by atoms with Crippen molar-refractivity contribution in [2.75, 3.05) is 18.6 Å². The largest absolute Gasteiger partial charge is 0.465 e. The summed E-state index contributed by atoms with van der Waals surface area (Å²) in [6.45, 7) is 5.65. The van der Waals surface area contributed by atoms with E-state index in [1.807, 2.05) is 18.2 Å². The number of carbonyl (C=O) groups is 2. The summed E-state index contributed by atoms with van der Waals surface area (Å²) in [5.74, 6) is -0.428. The maximum atomic E-state index is 12.7. The molecule has 0 aliphatic rings. The van der Waals surface area contributed by atoms with Gasteiger partial charge >= 0.3 is 12.1 Å². The van der Waals surface area contributed by atoms with Crippen LogP contribution in [0.25, 0.3) is 10.8 Å². The van der Waals surface area contributed by atoms with Crippen LogP contribution in [0.1, 0.15) is 31.1 Å². The van der Waals surface area contributed by atoms with Crippen molar-refractivity contribution >= 4 is 56.1 Å². The zero-order valence-electron chi connectivity index (χ0n) is 15.6. The number of methoxy groups -OCH3 is 1. The molecule has 0 atom stereocenters. The molecule has 2 rings (SSSR count). The molecule has 0 aromatic heterocycles. The number of carbonyl (C=O) groups excluding carboxylic acids is 2. The number of halogens is 2. The summed E-state index contributed by atoms with van der Waals surface area (Å²) in [4.78, 5) is 26.0. The van der Waals surface area contributed by atoms with Crippen LogP contribution >= 0.6 is 27.5 Å². The van der Waals surface area contributed by atoms with E-state index in [2.05, 4.69) is 15.9 Å². The standard InChI is InChI=1S/C20H21BrClNO4/c1-20(2,3)27-19(25)23(11-5-10-22)16-9-8-13-6-7-14(18(24)26-4)12-15(13)17(16)21/h5-10,12H,11H2,1-4H3. The van der Waals surface area contributed by atoms with E-state index in [1.54, 1.807) is 39.0 Å². The third kappa shape index (κ3) is 5.23. The van der Waals surface area contributed by atoms with E-state index in [9.17, 15) is 9.59 Å². The predicted octanol–water partition coefficient (Wildman–Crippen LogP) is 5.88. The van der Waals surface area contributed by atoms with Crippen LogP contribution in [0.15, 0.2) is 46.4 Å². The second-order valence-electron chi connectivity index (χ2n) is 6.78. The molecule has 0 saturated heterocycles. The summed E-state index contributed by atoms with van der Waals surface area (Å²) in [5, 5.41) is 1.69. The van der Waals surface area contributed by atoms with Crippen molar-refractivity contribution in [3.8, 4) is 0 Å². The number of hydrogen-bond acceptors (Lipinski definition) is 4. The molecule has 7 heteroatoms. The first-order valence-corrected chi connectivity index (χ1v) is 9.47. The highest BCUT2D eigenvalue weighted by Gasteiger charge is 2.25. The fourth-order valence-corrected chi connectivity index (χ4v) is 3.23. The van der Waals surface area contributed by atoms with Gasteiger partial charge in [-0.1, -0.05) is 29.8 Å². The van der Waals surface area contributed by atoms with Crippen LogP contribution in [0, 0.1) is 0 Å². The molecule has 2 aromatic carbocycles. The second-order valence-corrected chi connectivity index (χ2v) is 7.82. The van der Waals surface area contributed by atoms with Crippen molar-refractivity contribution < 1.29 is 19.1 Å². The van der Waals surface area contributed by atoms with E-state index < -0.39 is 17.7 Å². The predicted molar refractivity (Wildman–Crippen MR) is 112 cm³/mol. The Bertz CT molecular complexity index is 889. The van der Waals surface area contributed by atoms with Crippen LogP contribution in [-0.2, 0) is 9.47 Å². The van der Waals surface area contributed by atoms with Gasteiger partial charge in [-0.05, 0) is 65.7 Å². The molecule has 0 saturated carbocycles. The lowest BCUT2D eigenvalue weighted by atomic mass is 10.1. The van der Waals surface area contributed by atoms with E-state index >= 15 is 0 Å². The van der Waals surface area contributed by atoms with Crippen LogP contribution in [0.2, 0.25) is 0 Å². The molecule has 0 N–H and O–H groups in total. The van der Waals surface area contributed by atoms with Crippen LogP contribution in [-0.4, -0.2) is 31.3 Å². The van der Waals surface area contributed by atoms with E-state index in [4.69, 9.17) is 21.1 Å². The molecule has 0 heterocycles. The molecule has 0 unspecified atom stereocenters. The second kappa shape index (κ2) is 8.76. The fourth-order valence-electron chi connectivity index (χ4n) is 2.46. The minimum Gasteiger partial charge on any atom is -0.465 e. The first-order chi connectivity index (χ1) is 12.7. The Hall–Kier alpha value is -2.05. The Kier molecular flexibility index (Phi) is 6.89. The third-order valence-electron chi connectivity index (χ3n) is 3.64. The zero-order chi connectivity index (χ0) is 20.2. The number of benzene rings is 2. The van der Waals surface area contributed by atoms with Gasteiger partial charge in [-0.2, -0.15) is 0 Å². The van der Waals surface area contributed by atoms with Crippen LogP contribution in [0.3, 0.4) is 0 Å². The summed E-state index contributed by atoms with van der Waals surface area (Å²) in [6, 6.07) is 8.93. The van der Waals surface area contributed by atoms with Gasteiger partial charge in [0.05, 0.1) is 18.4 Å². The molecular weight excluding hydrogens is 434 g/mol. The van der Waals surface area contributed by atoms with Gasteiger partial charge in [-0.3, -0.25) is 4.90 Å². The van der Waals surface area contributed by atoms with Crippen molar-refractivity contribution in [2.24, 2.45) is 0 Å². The molecule has 1 amide bonds. The average Bonchev–Trinajstić information content (AvgIpc) is 2.61. The Morgan fingerprint density at radius 3 is 2.48 bits per heavy atom. The van der Waals surface area contributed by atoms with E-state index in [1.165, 1.54) is 17.5 Å². The Morgan fingerprint density at radius 2 is 1.89 bits per heavy atom. The number of fused-ring (bicyclic) bond motifs is 1. The topological polar surface area (TPSA) is 55.8 Å². The maximum absolute atomic E-state index is 12.7. The molecule has 0 spiro atoms. The SMILES string of the molecule is COC(=O)c1ccc2ccc(N(CC=CCl)C(=O)OC(C)(C)C)c(Br)c2c1. The van der Waals surface area contributed by atoms with Gasteiger partial charge < -0.3 is 9.47 Å². The molecule has 0 aliphatic heterocycles. The van der Waals surface area contributed by atoms with Crippen molar-refractivity contribution in [2.45, 2.75) is 26.4 Å². The highest BCUT2D eigenvalue weighted by atomic mass is 79.9. The molecule has 27 heavy (non-hydrogen) atoms. The van der Waals surface area contributed by atoms with Crippen molar-refractivity contribution in [1.82, 2.24) is 0 Å². The smallest absolute Gasteiger partial charge is 0.415 e. The molecule has 0 fully saturated rings. The highest BCUT2D eigenvalue weighted by molar-refractivity contribution is 9.10. The number of esters is 1. The van der Waals surface area contributed by atoms with Gasteiger partial charge in [0.15, 0.2) is 0 Å². The molecule has 144 valence electrons. The molecular formula is C20H21BrClNO4. The summed E-state index contributed by atoms with van der Waals surface area (Å²) in [5.41, 5.74) is 1.74. The lowest BCUT2D eigenvalue weighted by molar-refractivity contribution is 0.0579. The van der Waals surface area contributed by atoms with Crippen LogP contribution in [0.5, 0.6) is 0 Å². The van der Waals surface area contributed by atoms with Crippen LogP contribution < -0.4 is 4.90 Å². The van der Waals surface area contributed by atoms with Crippen LogP contribution in [0.4, 0.5) is 10.5 Å². The maximum Gasteiger partial charge on any atom is 0.415 e. The number of hydrogen-bond donors (Lipinski definition) is 0. The molecule has 2 aromatic rings. The van der Waals surface area contributed by atoms with Gasteiger partial charge in [0, 0.05) is 16.6 Å². The molecule has 0 radical (unpaired) electrons. The first kappa shape index (κ1) is 21.3. The third-order valence-corrected chi connectivity index (χ3v) is 4.65. The number of amides is 1. The number of rotatable bonds is 4. The Labute approximate surface area is 172 Å². The summed E-state index contributed by atoms with van der Waals surface area (Å²) in [6.07, 6.45) is 1.15. The van der Waals surface area contributed by atoms with Gasteiger partial charge in [0.1, 0.15) is 5.60 Å². The normalized spacial score (nSPS) is 11.6. The van der Waals surface area contributed by atoms with Gasteiger partial charge in [-0.15, -0.1) is 0 Å². The lowest BCUT2D eigenvalue weighted by Gasteiger charge is -2.27. The summed E-state index contributed by atoms with van der Waals surface area (Å²) in [7, 11) is 1.33. The van der Waals surface area contributed by atoms with Gasteiger partial charge in [0.25, 0.3) is 0 Å². The van der Waals surface area contributed by atoms with Crippen molar-refractivity contribution in [3.05, 3.63) is 52.0 Å². The molecule has 0 aliphatic carbocycles. The van der Waals surface area contributed by atoms with Crippen molar-refractivity contribution in [3.63, 3.8) is 0 Å². The van der Waals surface area contributed by atoms with Gasteiger partial charge in [0.2, 0.25) is 0 Å². The summed E-state index contributed by atoms with van der Waals surface area (Å²) >= 11 is 9.22. The van der Waals surface area contributed by atoms with Gasteiger partial charge in [-0.25, -0.2) is 9.59 Å². The minimum atomic E-state index is -0.638. The number of nitrogens with zero attached hydrogens (tertiary/aromatic N) is 1. The minimum absolute atomic E-state index is 0.235. The lowest BCUT2D eigenvalue weighted by Crippen LogP contribution is -2.37. The molecule has 0 bridgehead atoms. The number of ether oxygens (including phenoxy) is 2. The Balaban J connectivity index is 2.55. The fraction of sp³-hybridized carbons (Fsp3) is 0.300. The molecule has 5 nitrogen and oxygen atoms in total.